The van der Waals surface area contributed by atoms with Crippen LogP contribution in [0, 0.1) is 28.6 Å². The minimum atomic E-state index is -0.764. The van der Waals surface area contributed by atoms with Crippen LogP contribution in [-0.2, 0) is 4.79 Å². The van der Waals surface area contributed by atoms with Gasteiger partial charge in [-0.2, -0.15) is 0 Å². The minimum Gasteiger partial charge on any atom is -0.515 e. The fraction of sp³-hybridized carbons (Fsp3) is 0.591. The summed E-state index contributed by atoms with van der Waals surface area (Å²) in [5.41, 5.74) is 1.58. The highest BCUT2D eigenvalue weighted by Crippen LogP contribution is 2.66. The van der Waals surface area contributed by atoms with E-state index in [1.807, 2.05) is 13.0 Å². The molecule has 0 spiro atoms. The lowest BCUT2D eigenvalue weighted by atomic mass is 9.45. The number of rotatable bonds is 0. The quantitative estimate of drug-likeness (QED) is 0.393. The fourth-order valence-electron chi connectivity index (χ4n) is 6.35. The van der Waals surface area contributed by atoms with E-state index in [-0.39, 0.29) is 16.6 Å². The van der Waals surface area contributed by atoms with Crippen molar-refractivity contribution in [2.45, 2.75) is 52.1 Å². The third-order valence-corrected chi connectivity index (χ3v) is 8.07. The van der Waals surface area contributed by atoms with Gasteiger partial charge in [0, 0.05) is 16.4 Å². The molecular weight excluding hydrogens is 312 g/mol. The van der Waals surface area contributed by atoms with Gasteiger partial charge in [-0.3, -0.25) is 4.79 Å². The molecule has 6 atom stereocenters. The zero-order valence-electron chi connectivity index (χ0n) is 15.4. The second-order valence-corrected chi connectivity index (χ2v) is 9.24. The molecule has 0 heterocycles. The first-order chi connectivity index (χ1) is 11.6. The van der Waals surface area contributed by atoms with E-state index >= 15 is 0 Å². The molecule has 4 rings (SSSR count). The van der Waals surface area contributed by atoms with Crippen LogP contribution in [0.15, 0.2) is 47.8 Å². The first-order valence-corrected chi connectivity index (χ1v) is 9.34. The van der Waals surface area contributed by atoms with Crippen LogP contribution < -0.4 is 0 Å². The Hall–Kier alpha value is -1.61. The lowest BCUT2D eigenvalue weighted by Gasteiger charge is -2.59. The molecule has 2 N–H and O–H groups in total. The van der Waals surface area contributed by atoms with Gasteiger partial charge in [0.25, 0.3) is 0 Å². The maximum atomic E-state index is 12.3. The molecule has 0 aromatic rings. The highest BCUT2D eigenvalue weighted by Gasteiger charge is 2.61. The summed E-state index contributed by atoms with van der Waals surface area (Å²) < 4.78 is 0. The number of carbonyl (C=O) groups excluding carboxylic acids is 1. The van der Waals surface area contributed by atoms with Crippen molar-refractivity contribution in [3.63, 3.8) is 0 Å². The van der Waals surface area contributed by atoms with E-state index in [2.05, 4.69) is 26.5 Å². The van der Waals surface area contributed by atoms with Crippen molar-refractivity contribution >= 4 is 5.78 Å². The number of carbonyl (C=O) groups is 1. The second-order valence-electron chi connectivity index (χ2n) is 9.24. The third-order valence-electron chi connectivity index (χ3n) is 8.07. The minimum absolute atomic E-state index is 0.0843. The van der Waals surface area contributed by atoms with Crippen LogP contribution in [0.5, 0.6) is 0 Å². The van der Waals surface area contributed by atoms with Crippen LogP contribution in [0.2, 0.25) is 0 Å². The molecule has 0 amide bonds. The first kappa shape index (κ1) is 16.8. The SMILES string of the molecule is C=C1C[C@@H]2[C@H](CC[C@@]3(C)[C@H]2C=C[C@]3(C)O)[C@@]2(C)C/C(=C/O)C(=O)C=C12. The number of allylic oxidation sites excluding steroid dienone is 5. The number of aliphatic hydroxyl groups is 2. The maximum absolute atomic E-state index is 12.3. The van der Waals surface area contributed by atoms with E-state index in [9.17, 15) is 15.0 Å². The Bertz CT molecular complexity index is 753. The molecule has 0 aromatic heterocycles. The summed E-state index contributed by atoms with van der Waals surface area (Å²) in [5, 5.41) is 20.4. The van der Waals surface area contributed by atoms with Crippen molar-refractivity contribution in [2.24, 2.45) is 28.6 Å². The van der Waals surface area contributed by atoms with Crippen molar-refractivity contribution in [2.75, 3.05) is 0 Å². The second kappa shape index (κ2) is 4.97. The van der Waals surface area contributed by atoms with Crippen molar-refractivity contribution in [3.05, 3.63) is 47.8 Å². The van der Waals surface area contributed by atoms with Crippen LogP contribution in [-0.4, -0.2) is 21.6 Å². The Balaban J connectivity index is 1.79. The van der Waals surface area contributed by atoms with Gasteiger partial charge in [0.05, 0.1) is 11.9 Å². The number of fused-ring (bicyclic) bond motifs is 5. The molecular formula is C22H28O3. The van der Waals surface area contributed by atoms with Gasteiger partial charge < -0.3 is 10.2 Å². The molecule has 0 saturated heterocycles. The zero-order valence-corrected chi connectivity index (χ0v) is 15.4. The lowest BCUT2D eigenvalue weighted by Crippen LogP contribution is -2.54. The Kier molecular flexibility index (Phi) is 3.35. The summed E-state index contributed by atoms with van der Waals surface area (Å²) in [5.74, 6) is 1.10. The summed E-state index contributed by atoms with van der Waals surface area (Å²) >= 11 is 0. The van der Waals surface area contributed by atoms with E-state index in [0.29, 0.717) is 29.7 Å². The Labute approximate surface area is 149 Å². The number of aliphatic hydroxyl groups excluding tert-OH is 1. The third kappa shape index (κ3) is 1.99. The maximum Gasteiger partial charge on any atom is 0.185 e. The van der Waals surface area contributed by atoms with Crippen LogP contribution >= 0.6 is 0 Å². The van der Waals surface area contributed by atoms with Gasteiger partial charge in [-0.05, 0) is 62.0 Å². The summed E-state index contributed by atoms with van der Waals surface area (Å²) in [6.07, 6.45) is 10.4. The molecule has 3 heteroatoms. The van der Waals surface area contributed by atoms with Gasteiger partial charge >= 0.3 is 0 Å². The van der Waals surface area contributed by atoms with E-state index in [4.69, 9.17) is 0 Å². The van der Waals surface area contributed by atoms with E-state index < -0.39 is 5.60 Å². The van der Waals surface area contributed by atoms with E-state index in [0.717, 1.165) is 36.7 Å². The standard InChI is InChI=1S/C22H28O3/c1-13-9-15-16(5-7-21(3)17(15)6-8-22(21,4)25)20(2)11-14(12-23)19(24)10-18(13)20/h6,8,10,12,15-17,23,25H,1,5,7,9,11H2,2-4H3/b14-12-/t15-,16+,17+,20-,21+,22+/m1/s1. The van der Waals surface area contributed by atoms with Gasteiger partial charge in [-0.1, -0.05) is 38.2 Å². The molecule has 2 fully saturated rings. The van der Waals surface area contributed by atoms with Crippen LogP contribution in [0.4, 0.5) is 0 Å². The van der Waals surface area contributed by atoms with Gasteiger partial charge in [0.2, 0.25) is 0 Å². The predicted octanol–water partition coefficient (Wildman–Crippen LogP) is 4.26. The largest absolute Gasteiger partial charge is 0.515 e. The van der Waals surface area contributed by atoms with E-state index in [1.165, 1.54) is 0 Å². The van der Waals surface area contributed by atoms with Gasteiger partial charge in [0.15, 0.2) is 5.78 Å². The topological polar surface area (TPSA) is 57.5 Å². The molecule has 25 heavy (non-hydrogen) atoms. The summed E-state index contributed by atoms with van der Waals surface area (Å²) in [7, 11) is 0. The van der Waals surface area contributed by atoms with E-state index in [1.54, 1.807) is 6.08 Å². The van der Waals surface area contributed by atoms with Crippen molar-refractivity contribution in [1.29, 1.82) is 0 Å². The monoisotopic (exact) mass is 340 g/mol. The zero-order chi connectivity index (χ0) is 18.2. The molecule has 0 radical (unpaired) electrons. The van der Waals surface area contributed by atoms with Crippen molar-refractivity contribution in [1.82, 2.24) is 0 Å². The Morgan fingerprint density at radius 3 is 2.72 bits per heavy atom. The average molecular weight is 340 g/mol. The summed E-state index contributed by atoms with van der Waals surface area (Å²) in [6.45, 7) is 10.7. The first-order valence-electron chi connectivity index (χ1n) is 9.34. The summed E-state index contributed by atoms with van der Waals surface area (Å²) in [6, 6.07) is 0. The molecule has 0 aliphatic heterocycles. The Morgan fingerprint density at radius 2 is 2.04 bits per heavy atom. The molecule has 2 saturated carbocycles. The van der Waals surface area contributed by atoms with Crippen molar-refractivity contribution in [3.8, 4) is 0 Å². The highest BCUT2D eigenvalue weighted by atomic mass is 16.3. The normalized spacial score (nSPS) is 50.3. The van der Waals surface area contributed by atoms with Crippen LogP contribution in [0.1, 0.15) is 46.5 Å². The van der Waals surface area contributed by atoms with Gasteiger partial charge in [-0.25, -0.2) is 0 Å². The molecule has 0 unspecified atom stereocenters. The molecule has 134 valence electrons. The van der Waals surface area contributed by atoms with Crippen LogP contribution in [0.25, 0.3) is 0 Å². The number of hydrogen-bond donors (Lipinski definition) is 2. The van der Waals surface area contributed by atoms with Crippen molar-refractivity contribution < 1.29 is 15.0 Å². The lowest BCUT2D eigenvalue weighted by molar-refractivity contribution is -0.114. The predicted molar refractivity (Wildman–Crippen MR) is 97.9 cm³/mol. The smallest absolute Gasteiger partial charge is 0.185 e. The summed E-state index contributed by atoms with van der Waals surface area (Å²) in [4.78, 5) is 12.3. The molecule has 4 aliphatic carbocycles. The number of ketones is 1. The van der Waals surface area contributed by atoms with Crippen LogP contribution in [0.3, 0.4) is 0 Å². The highest BCUT2D eigenvalue weighted by molar-refractivity contribution is 6.06. The molecule has 0 aromatic carbocycles. The van der Waals surface area contributed by atoms with Gasteiger partial charge in [0.1, 0.15) is 0 Å². The molecule has 3 nitrogen and oxygen atoms in total. The van der Waals surface area contributed by atoms with Gasteiger partial charge in [-0.15, -0.1) is 0 Å². The fourth-order valence-corrected chi connectivity index (χ4v) is 6.35. The Morgan fingerprint density at radius 1 is 1.32 bits per heavy atom. The molecule has 0 bridgehead atoms. The average Bonchev–Trinajstić information content (AvgIpc) is 2.79. The molecule has 4 aliphatic rings. The number of hydrogen-bond acceptors (Lipinski definition) is 3.